The van der Waals surface area contributed by atoms with E-state index in [9.17, 15) is 10.2 Å². The number of rotatable bonds is 1. The third kappa shape index (κ3) is 1.46. The van der Waals surface area contributed by atoms with Crippen molar-refractivity contribution in [1.82, 2.24) is 4.98 Å². The highest BCUT2D eigenvalue weighted by molar-refractivity contribution is 5.00. The number of ether oxygens (including phenoxy) is 1. The zero-order valence-electron chi connectivity index (χ0n) is 7.17. The maximum Gasteiger partial charge on any atom is 0.226 e. The molecule has 0 amide bonds. The Morgan fingerprint density at radius 3 is 2.77 bits per heavy atom. The molecule has 3 atom stereocenters. The van der Waals surface area contributed by atoms with E-state index in [4.69, 9.17) is 9.15 Å². The Hall–Kier alpha value is -0.910. The molecule has 0 aromatic carbocycles. The van der Waals surface area contributed by atoms with Gasteiger partial charge in [0.1, 0.15) is 18.0 Å². The van der Waals surface area contributed by atoms with Crippen molar-refractivity contribution in [3.05, 3.63) is 17.8 Å². The number of nitrogens with zero attached hydrogens (tertiary/aromatic N) is 1. The SMILES string of the molecule is Cc1cnc(C2OCC(O)C2O)o1. The van der Waals surface area contributed by atoms with E-state index in [0.29, 0.717) is 11.7 Å². The van der Waals surface area contributed by atoms with E-state index in [1.165, 1.54) is 0 Å². The van der Waals surface area contributed by atoms with Crippen molar-refractivity contribution in [3.63, 3.8) is 0 Å². The second-order valence-electron chi connectivity index (χ2n) is 3.12. The molecule has 1 saturated heterocycles. The van der Waals surface area contributed by atoms with E-state index in [0.717, 1.165) is 0 Å². The van der Waals surface area contributed by atoms with Crippen molar-refractivity contribution in [2.75, 3.05) is 6.61 Å². The zero-order chi connectivity index (χ0) is 9.42. The van der Waals surface area contributed by atoms with Crippen molar-refractivity contribution in [1.29, 1.82) is 0 Å². The van der Waals surface area contributed by atoms with Crippen molar-refractivity contribution >= 4 is 0 Å². The van der Waals surface area contributed by atoms with Gasteiger partial charge < -0.3 is 19.4 Å². The van der Waals surface area contributed by atoms with Crippen molar-refractivity contribution < 1.29 is 19.4 Å². The fourth-order valence-electron chi connectivity index (χ4n) is 1.32. The summed E-state index contributed by atoms with van der Waals surface area (Å²) in [7, 11) is 0. The van der Waals surface area contributed by atoms with Gasteiger partial charge in [-0.25, -0.2) is 4.98 Å². The monoisotopic (exact) mass is 185 g/mol. The molecule has 0 bridgehead atoms. The van der Waals surface area contributed by atoms with Crippen LogP contribution in [0, 0.1) is 6.92 Å². The predicted octanol–water partition coefficient (Wildman–Crippen LogP) is -0.224. The first kappa shape index (κ1) is 8.68. The first-order valence-electron chi connectivity index (χ1n) is 4.08. The lowest BCUT2D eigenvalue weighted by Gasteiger charge is -2.10. The average Bonchev–Trinajstić information content (AvgIpc) is 2.62. The number of aromatic nitrogens is 1. The summed E-state index contributed by atoms with van der Waals surface area (Å²) in [5, 5.41) is 18.6. The quantitative estimate of drug-likeness (QED) is 0.632. The molecule has 0 radical (unpaired) electrons. The van der Waals surface area contributed by atoms with Gasteiger partial charge >= 0.3 is 0 Å². The summed E-state index contributed by atoms with van der Waals surface area (Å²) in [6.45, 7) is 1.88. The van der Waals surface area contributed by atoms with Crippen molar-refractivity contribution in [2.24, 2.45) is 0 Å². The summed E-state index contributed by atoms with van der Waals surface area (Å²) in [5.41, 5.74) is 0. The number of hydrogen-bond acceptors (Lipinski definition) is 5. The Balaban J connectivity index is 2.18. The van der Waals surface area contributed by atoms with Crippen LogP contribution in [0.1, 0.15) is 17.8 Å². The molecule has 3 unspecified atom stereocenters. The maximum atomic E-state index is 9.45. The number of hydrogen-bond donors (Lipinski definition) is 2. The third-order valence-corrected chi connectivity index (χ3v) is 2.03. The molecule has 5 nitrogen and oxygen atoms in total. The molecule has 0 spiro atoms. The van der Waals surface area contributed by atoms with Crippen LogP contribution < -0.4 is 0 Å². The van der Waals surface area contributed by atoms with Crippen LogP contribution in [0.2, 0.25) is 0 Å². The van der Waals surface area contributed by atoms with Crippen LogP contribution in [0.15, 0.2) is 10.6 Å². The minimum Gasteiger partial charge on any atom is -0.443 e. The Morgan fingerprint density at radius 1 is 1.54 bits per heavy atom. The summed E-state index contributed by atoms with van der Waals surface area (Å²) in [6.07, 6.45) is -0.880. The molecule has 5 heteroatoms. The van der Waals surface area contributed by atoms with Gasteiger partial charge in [0.05, 0.1) is 12.8 Å². The summed E-state index contributed by atoms with van der Waals surface area (Å²) in [6, 6.07) is 0. The number of aryl methyl sites for hydroxylation is 1. The molecule has 1 aliphatic rings. The summed E-state index contributed by atoms with van der Waals surface area (Å²) < 4.78 is 10.3. The molecule has 1 aliphatic heterocycles. The van der Waals surface area contributed by atoms with Crippen LogP contribution in [0.3, 0.4) is 0 Å². The molecule has 0 saturated carbocycles. The highest BCUT2D eigenvalue weighted by Crippen LogP contribution is 2.28. The molecule has 2 N–H and O–H groups in total. The fraction of sp³-hybridized carbons (Fsp3) is 0.625. The van der Waals surface area contributed by atoms with Gasteiger partial charge in [-0.15, -0.1) is 0 Å². The Morgan fingerprint density at radius 2 is 2.31 bits per heavy atom. The zero-order valence-corrected chi connectivity index (χ0v) is 7.17. The van der Waals surface area contributed by atoms with E-state index >= 15 is 0 Å². The Labute approximate surface area is 75.0 Å². The van der Waals surface area contributed by atoms with Crippen molar-refractivity contribution in [3.8, 4) is 0 Å². The van der Waals surface area contributed by atoms with E-state index in [1.807, 2.05) is 0 Å². The number of oxazole rings is 1. The van der Waals surface area contributed by atoms with E-state index < -0.39 is 18.3 Å². The van der Waals surface area contributed by atoms with Crippen LogP contribution in [0.5, 0.6) is 0 Å². The van der Waals surface area contributed by atoms with Gasteiger partial charge in [0.15, 0.2) is 6.10 Å². The van der Waals surface area contributed by atoms with E-state index in [2.05, 4.69) is 4.98 Å². The lowest BCUT2D eigenvalue weighted by atomic mass is 10.1. The summed E-state index contributed by atoms with van der Waals surface area (Å²) in [4.78, 5) is 3.92. The minimum atomic E-state index is -0.946. The fourth-order valence-corrected chi connectivity index (χ4v) is 1.32. The second kappa shape index (κ2) is 3.10. The number of aliphatic hydroxyl groups excluding tert-OH is 2. The average molecular weight is 185 g/mol. The first-order valence-corrected chi connectivity index (χ1v) is 4.08. The molecule has 1 fully saturated rings. The van der Waals surface area contributed by atoms with Gasteiger partial charge in [0, 0.05) is 0 Å². The molecule has 1 aromatic heterocycles. The van der Waals surface area contributed by atoms with Gasteiger partial charge in [-0.2, -0.15) is 0 Å². The molecule has 72 valence electrons. The molecule has 2 heterocycles. The van der Waals surface area contributed by atoms with Crippen LogP contribution in [0.25, 0.3) is 0 Å². The normalized spacial score (nSPS) is 33.9. The maximum absolute atomic E-state index is 9.45. The number of aliphatic hydroxyl groups is 2. The van der Waals surface area contributed by atoms with E-state index in [-0.39, 0.29) is 6.61 Å². The summed E-state index contributed by atoms with van der Waals surface area (Å²) >= 11 is 0. The first-order chi connectivity index (χ1) is 6.18. The highest BCUT2D eigenvalue weighted by atomic mass is 16.5. The van der Waals surface area contributed by atoms with Crippen LogP contribution in [0.4, 0.5) is 0 Å². The second-order valence-corrected chi connectivity index (χ2v) is 3.12. The molecule has 1 aromatic rings. The standard InChI is InChI=1S/C8H11NO4/c1-4-2-9-8(13-4)7-6(11)5(10)3-12-7/h2,5-7,10-11H,3H2,1H3. The lowest BCUT2D eigenvalue weighted by molar-refractivity contribution is 0.00885. The lowest BCUT2D eigenvalue weighted by Crippen LogP contribution is -2.25. The van der Waals surface area contributed by atoms with Gasteiger partial charge in [0.25, 0.3) is 0 Å². The summed E-state index contributed by atoms with van der Waals surface area (Å²) in [5.74, 6) is 0.980. The molecule has 2 rings (SSSR count). The van der Waals surface area contributed by atoms with Crippen LogP contribution in [-0.2, 0) is 4.74 Å². The predicted molar refractivity (Wildman–Crippen MR) is 41.9 cm³/mol. The highest BCUT2D eigenvalue weighted by Gasteiger charge is 2.38. The van der Waals surface area contributed by atoms with Crippen LogP contribution >= 0.6 is 0 Å². The smallest absolute Gasteiger partial charge is 0.226 e. The van der Waals surface area contributed by atoms with Gasteiger partial charge in [-0.3, -0.25) is 0 Å². The van der Waals surface area contributed by atoms with Gasteiger partial charge in [-0.05, 0) is 6.92 Å². The molecular weight excluding hydrogens is 174 g/mol. The van der Waals surface area contributed by atoms with Gasteiger partial charge in [0.2, 0.25) is 5.89 Å². The minimum absolute atomic E-state index is 0.118. The van der Waals surface area contributed by atoms with Gasteiger partial charge in [-0.1, -0.05) is 0 Å². The third-order valence-electron chi connectivity index (χ3n) is 2.03. The molecular formula is C8H11NO4. The Kier molecular flexibility index (Phi) is 2.07. The van der Waals surface area contributed by atoms with E-state index in [1.54, 1.807) is 13.1 Å². The van der Waals surface area contributed by atoms with Crippen molar-refractivity contribution in [2.45, 2.75) is 25.2 Å². The van der Waals surface area contributed by atoms with Crippen LogP contribution in [-0.4, -0.2) is 34.0 Å². The molecule has 13 heavy (non-hydrogen) atoms. The Bertz CT molecular complexity index is 298. The molecule has 0 aliphatic carbocycles. The largest absolute Gasteiger partial charge is 0.443 e. The topological polar surface area (TPSA) is 75.7 Å².